The average molecular weight is 266 g/mol. The highest BCUT2D eigenvalue weighted by atomic mass is 32.2. The fourth-order valence-electron chi connectivity index (χ4n) is 2.11. The molecule has 100 valence electrons. The molecule has 1 aromatic rings. The summed E-state index contributed by atoms with van der Waals surface area (Å²) in [4.78, 5) is 4.51. The molecule has 0 aromatic carbocycles. The van der Waals surface area contributed by atoms with Gasteiger partial charge >= 0.3 is 0 Å². The van der Waals surface area contributed by atoms with Crippen LogP contribution in [0.1, 0.15) is 38.3 Å². The maximum Gasteiger partial charge on any atom is 0.0960 e. The molecule has 0 aliphatic carbocycles. The normalized spacial score (nSPS) is 21.1. The molecule has 4 heteroatoms. The lowest BCUT2D eigenvalue weighted by molar-refractivity contribution is 0.129. The molecule has 0 bridgehead atoms. The molecule has 0 saturated carbocycles. The zero-order valence-corrected chi connectivity index (χ0v) is 12.0. The van der Waals surface area contributed by atoms with Crippen LogP contribution in [-0.2, 0) is 4.74 Å². The van der Waals surface area contributed by atoms with Crippen molar-refractivity contribution in [1.82, 2.24) is 10.3 Å². The number of rotatable bonds is 6. The van der Waals surface area contributed by atoms with Crippen molar-refractivity contribution in [2.45, 2.75) is 43.9 Å². The summed E-state index contributed by atoms with van der Waals surface area (Å²) in [6.07, 6.45) is 4.81. The Kier molecular flexibility index (Phi) is 5.47. The first-order valence-electron chi connectivity index (χ1n) is 6.73. The Morgan fingerprint density at radius 3 is 3.06 bits per heavy atom. The predicted octanol–water partition coefficient (Wildman–Crippen LogP) is 3.02. The molecule has 1 aliphatic heterocycles. The first kappa shape index (κ1) is 13.8. The van der Waals surface area contributed by atoms with Crippen LogP contribution in [0.15, 0.2) is 23.4 Å². The van der Waals surface area contributed by atoms with Gasteiger partial charge in [-0.3, -0.25) is 0 Å². The van der Waals surface area contributed by atoms with Crippen LogP contribution >= 0.6 is 11.8 Å². The molecule has 0 spiro atoms. The van der Waals surface area contributed by atoms with E-state index in [0.29, 0.717) is 12.1 Å². The Bertz CT molecular complexity index is 349. The number of thioether (sulfide) groups is 1. The molecule has 3 nitrogen and oxygen atoms in total. The van der Waals surface area contributed by atoms with Gasteiger partial charge in [-0.2, -0.15) is 0 Å². The van der Waals surface area contributed by atoms with E-state index in [1.165, 1.54) is 18.4 Å². The van der Waals surface area contributed by atoms with E-state index in [0.717, 1.165) is 23.9 Å². The van der Waals surface area contributed by atoms with Crippen LogP contribution in [0.3, 0.4) is 0 Å². The maximum absolute atomic E-state index is 5.61. The summed E-state index contributed by atoms with van der Waals surface area (Å²) < 4.78 is 5.61. The van der Waals surface area contributed by atoms with Gasteiger partial charge in [-0.05, 0) is 37.9 Å². The van der Waals surface area contributed by atoms with E-state index in [-0.39, 0.29) is 0 Å². The van der Waals surface area contributed by atoms with Crippen molar-refractivity contribution in [3.63, 3.8) is 0 Å². The second-order valence-electron chi connectivity index (χ2n) is 4.66. The second-order valence-corrected chi connectivity index (χ2v) is 5.70. The van der Waals surface area contributed by atoms with Crippen molar-refractivity contribution in [2.75, 3.05) is 18.9 Å². The maximum atomic E-state index is 5.61. The molecule has 1 aromatic heterocycles. The lowest BCUT2D eigenvalue weighted by Gasteiger charge is -2.13. The van der Waals surface area contributed by atoms with Gasteiger partial charge in [0.05, 0.1) is 11.1 Å². The third-order valence-electron chi connectivity index (χ3n) is 3.21. The third kappa shape index (κ3) is 3.97. The van der Waals surface area contributed by atoms with Crippen molar-refractivity contribution in [3.05, 3.63) is 23.9 Å². The Hall–Kier alpha value is -0.580. The van der Waals surface area contributed by atoms with Crippen LogP contribution in [-0.4, -0.2) is 30.0 Å². The summed E-state index contributed by atoms with van der Waals surface area (Å²) in [6, 6.07) is 4.65. The molecule has 0 amide bonds. The first-order chi connectivity index (χ1) is 8.79. The second kappa shape index (κ2) is 7.12. The van der Waals surface area contributed by atoms with Crippen molar-refractivity contribution in [2.24, 2.45) is 0 Å². The zero-order chi connectivity index (χ0) is 12.8. The molecule has 2 rings (SSSR count). The standard InChI is InChI=1S/C14H22N2OS/c1-3-15-11(2)12-6-7-14(16-9-12)18-10-13-5-4-8-17-13/h6-7,9,11,13,15H,3-5,8,10H2,1-2H3. The summed E-state index contributed by atoms with van der Waals surface area (Å²) in [5, 5.41) is 4.49. The van der Waals surface area contributed by atoms with Gasteiger partial charge in [0.25, 0.3) is 0 Å². The molecule has 2 heterocycles. The Labute approximate surface area is 114 Å². The lowest BCUT2D eigenvalue weighted by atomic mass is 10.1. The predicted molar refractivity (Wildman–Crippen MR) is 76.0 cm³/mol. The van der Waals surface area contributed by atoms with Crippen molar-refractivity contribution < 1.29 is 4.74 Å². The van der Waals surface area contributed by atoms with Crippen LogP contribution in [0.2, 0.25) is 0 Å². The van der Waals surface area contributed by atoms with E-state index < -0.39 is 0 Å². The highest BCUT2D eigenvalue weighted by molar-refractivity contribution is 7.99. The molecule has 1 saturated heterocycles. The summed E-state index contributed by atoms with van der Waals surface area (Å²) in [6.45, 7) is 6.20. The minimum absolute atomic E-state index is 0.375. The molecule has 2 atom stereocenters. The SMILES string of the molecule is CCNC(C)c1ccc(SCC2CCCO2)nc1. The van der Waals surface area contributed by atoms with Crippen molar-refractivity contribution in [1.29, 1.82) is 0 Å². The van der Waals surface area contributed by atoms with Crippen LogP contribution in [0, 0.1) is 0 Å². The van der Waals surface area contributed by atoms with Gasteiger partial charge in [-0.15, -0.1) is 11.8 Å². The van der Waals surface area contributed by atoms with E-state index in [1.807, 2.05) is 6.20 Å². The van der Waals surface area contributed by atoms with Gasteiger partial charge in [0.15, 0.2) is 0 Å². The quantitative estimate of drug-likeness (QED) is 0.803. The third-order valence-corrected chi connectivity index (χ3v) is 4.29. The molecule has 18 heavy (non-hydrogen) atoms. The van der Waals surface area contributed by atoms with E-state index in [9.17, 15) is 0 Å². The smallest absolute Gasteiger partial charge is 0.0960 e. The molecule has 1 fully saturated rings. The molecule has 1 N–H and O–H groups in total. The van der Waals surface area contributed by atoms with Crippen molar-refractivity contribution in [3.8, 4) is 0 Å². The van der Waals surface area contributed by atoms with E-state index in [2.05, 4.69) is 36.3 Å². The van der Waals surface area contributed by atoms with E-state index in [1.54, 1.807) is 11.8 Å². The van der Waals surface area contributed by atoms with Gasteiger partial charge in [0.2, 0.25) is 0 Å². The first-order valence-corrected chi connectivity index (χ1v) is 7.72. The average Bonchev–Trinajstić information content (AvgIpc) is 2.90. The van der Waals surface area contributed by atoms with E-state index in [4.69, 9.17) is 4.74 Å². The van der Waals surface area contributed by atoms with E-state index >= 15 is 0 Å². The number of pyridine rings is 1. The Balaban J connectivity index is 1.83. The van der Waals surface area contributed by atoms with Crippen LogP contribution in [0.25, 0.3) is 0 Å². The summed E-state index contributed by atoms with van der Waals surface area (Å²) in [7, 11) is 0. The summed E-state index contributed by atoms with van der Waals surface area (Å²) in [5.74, 6) is 1.02. The highest BCUT2D eigenvalue weighted by Gasteiger charge is 2.15. The molecule has 0 radical (unpaired) electrons. The zero-order valence-electron chi connectivity index (χ0n) is 11.2. The lowest BCUT2D eigenvalue weighted by Crippen LogP contribution is -2.17. The largest absolute Gasteiger partial charge is 0.377 e. The number of ether oxygens (including phenoxy) is 1. The number of aromatic nitrogens is 1. The van der Waals surface area contributed by atoms with Gasteiger partial charge in [0.1, 0.15) is 0 Å². The topological polar surface area (TPSA) is 34.1 Å². The van der Waals surface area contributed by atoms with Crippen molar-refractivity contribution >= 4 is 11.8 Å². The van der Waals surface area contributed by atoms with Crippen LogP contribution < -0.4 is 5.32 Å². The molecule has 2 unspecified atom stereocenters. The minimum atomic E-state index is 0.375. The Morgan fingerprint density at radius 2 is 2.44 bits per heavy atom. The molecular formula is C14H22N2OS. The fraction of sp³-hybridized carbons (Fsp3) is 0.643. The summed E-state index contributed by atoms with van der Waals surface area (Å²) in [5.41, 5.74) is 1.25. The number of hydrogen-bond donors (Lipinski definition) is 1. The Morgan fingerprint density at radius 1 is 1.56 bits per heavy atom. The number of hydrogen-bond acceptors (Lipinski definition) is 4. The molecular weight excluding hydrogens is 244 g/mol. The van der Waals surface area contributed by atoms with Crippen LogP contribution in [0.4, 0.5) is 0 Å². The van der Waals surface area contributed by atoms with Gasteiger partial charge in [-0.25, -0.2) is 4.98 Å². The molecule has 1 aliphatic rings. The summed E-state index contributed by atoms with van der Waals surface area (Å²) >= 11 is 1.79. The monoisotopic (exact) mass is 266 g/mol. The fourth-order valence-corrected chi connectivity index (χ4v) is 3.02. The van der Waals surface area contributed by atoms with Gasteiger partial charge < -0.3 is 10.1 Å². The van der Waals surface area contributed by atoms with Crippen LogP contribution in [0.5, 0.6) is 0 Å². The minimum Gasteiger partial charge on any atom is -0.377 e. The van der Waals surface area contributed by atoms with Gasteiger partial charge in [0, 0.05) is 24.6 Å². The number of nitrogens with zero attached hydrogens (tertiary/aromatic N) is 1. The number of nitrogens with one attached hydrogen (secondary N) is 1. The van der Waals surface area contributed by atoms with Gasteiger partial charge in [-0.1, -0.05) is 13.0 Å². The highest BCUT2D eigenvalue weighted by Crippen LogP contribution is 2.23.